The van der Waals surface area contributed by atoms with E-state index in [-0.39, 0.29) is 96.3 Å². The normalized spacial score (nSPS) is 12.5. The lowest BCUT2D eigenvalue weighted by atomic mass is 9.96. The maximum absolute atomic E-state index is 16.0. The molecule has 12 rings (SSSR count). The fraction of sp³-hybridized carbons (Fsp3) is 0.0746. The van der Waals surface area contributed by atoms with Crippen LogP contribution >= 0.6 is 0 Å². The van der Waals surface area contributed by atoms with Crippen molar-refractivity contribution in [3.05, 3.63) is 246 Å². The van der Waals surface area contributed by atoms with Crippen LogP contribution in [0.5, 0.6) is 0 Å². The van der Waals surface area contributed by atoms with E-state index in [1.807, 2.05) is 0 Å². The summed E-state index contributed by atoms with van der Waals surface area (Å²) in [5, 5.41) is -0.189. The topological polar surface area (TPSA) is 56.5 Å². The third-order valence-electron chi connectivity index (χ3n) is 14.5. The quantitative estimate of drug-likeness (QED) is 0.135. The standard InChI is InChI=1S/C67H36F15N5/c68-63(69,70)45-25-43(26-46(31-45)64(71,72)73)41-21-23-58-50(29-41)51-30-42(44-27-47(65(74,75)76)32-48(28-44)66(77,78)79)22-24-59(51)87(58)60-52(61-83-54(37-13-5-1-6-14-37)35-55(84-61)38-15-7-2-8-16-38)33-49(67(80,81)82)34-53(60)62-85-56(39-17-9-3-10-18-39)36-57(86-62)40-19-11-4-12-20-40/h1-36H. The van der Waals surface area contributed by atoms with Crippen LogP contribution in [0.1, 0.15) is 27.8 Å². The van der Waals surface area contributed by atoms with Crippen molar-refractivity contribution in [1.82, 2.24) is 24.5 Å². The van der Waals surface area contributed by atoms with Crippen molar-refractivity contribution in [2.75, 3.05) is 0 Å². The van der Waals surface area contributed by atoms with Crippen LogP contribution < -0.4 is 0 Å². The van der Waals surface area contributed by atoms with E-state index in [0.29, 0.717) is 46.5 Å². The van der Waals surface area contributed by atoms with Crippen molar-refractivity contribution >= 4 is 21.8 Å². The van der Waals surface area contributed by atoms with Gasteiger partial charge in [0.15, 0.2) is 11.6 Å². The van der Waals surface area contributed by atoms with E-state index in [2.05, 4.69) is 0 Å². The minimum atomic E-state index is -5.30. The average Bonchev–Trinajstić information content (AvgIpc) is 1.82. The van der Waals surface area contributed by atoms with Crippen LogP contribution in [0.15, 0.2) is 218 Å². The Kier molecular flexibility index (Phi) is 14.1. The lowest BCUT2D eigenvalue weighted by Crippen LogP contribution is -2.11. The molecule has 0 aliphatic rings. The summed E-state index contributed by atoms with van der Waals surface area (Å²) in [6.45, 7) is 0. The average molecular weight is 1200 g/mol. The van der Waals surface area contributed by atoms with Crippen LogP contribution in [0.4, 0.5) is 65.9 Å². The predicted octanol–water partition coefficient (Wildman–Crippen LogP) is 20.8. The molecule has 20 heteroatoms. The third kappa shape index (κ3) is 11.5. The highest BCUT2D eigenvalue weighted by atomic mass is 19.4. The van der Waals surface area contributed by atoms with Crippen molar-refractivity contribution in [2.45, 2.75) is 30.9 Å². The zero-order chi connectivity index (χ0) is 61.4. The second-order valence-corrected chi connectivity index (χ2v) is 20.2. The van der Waals surface area contributed by atoms with Gasteiger partial charge < -0.3 is 4.57 Å². The highest BCUT2D eigenvalue weighted by molar-refractivity contribution is 6.13. The van der Waals surface area contributed by atoms with E-state index in [4.69, 9.17) is 19.9 Å². The van der Waals surface area contributed by atoms with E-state index >= 15 is 13.2 Å². The zero-order valence-electron chi connectivity index (χ0n) is 44.2. The van der Waals surface area contributed by atoms with Gasteiger partial charge in [-0.2, -0.15) is 65.9 Å². The van der Waals surface area contributed by atoms with Crippen LogP contribution in [0.3, 0.4) is 0 Å². The molecular weight excluding hydrogens is 1160 g/mol. The summed E-state index contributed by atoms with van der Waals surface area (Å²) >= 11 is 0. The van der Waals surface area contributed by atoms with Crippen molar-refractivity contribution < 1.29 is 65.9 Å². The summed E-state index contributed by atoms with van der Waals surface area (Å²) in [5.74, 6) is -0.647. The van der Waals surface area contributed by atoms with Gasteiger partial charge in [-0.3, -0.25) is 0 Å². The molecule has 0 saturated carbocycles. The molecule has 3 aromatic heterocycles. The zero-order valence-corrected chi connectivity index (χ0v) is 44.2. The summed E-state index contributed by atoms with van der Waals surface area (Å²) in [6, 6.07) is 48.0. The molecule has 0 N–H and O–H groups in total. The molecule has 0 fully saturated rings. The molecule has 0 saturated heterocycles. The van der Waals surface area contributed by atoms with Gasteiger partial charge in [0.2, 0.25) is 0 Å². The van der Waals surface area contributed by atoms with Crippen LogP contribution in [0.25, 0.3) is 118 Å². The van der Waals surface area contributed by atoms with Gasteiger partial charge in [-0.25, -0.2) is 19.9 Å². The van der Waals surface area contributed by atoms with Crippen LogP contribution in [-0.2, 0) is 30.9 Å². The van der Waals surface area contributed by atoms with Gasteiger partial charge >= 0.3 is 30.9 Å². The molecule has 0 aliphatic carbocycles. The van der Waals surface area contributed by atoms with Crippen LogP contribution in [0, 0.1) is 0 Å². The van der Waals surface area contributed by atoms with Gasteiger partial charge in [-0.1, -0.05) is 133 Å². The minimum absolute atomic E-state index is 0.0406. The van der Waals surface area contributed by atoms with Crippen LogP contribution in [0.2, 0.25) is 0 Å². The lowest BCUT2D eigenvalue weighted by Gasteiger charge is -2.21. The Labute approximate surface area is 483 Å². The number of nitrogens with zero attached hydrogens (tertiary/aromatic N) is 5. The molecule has 9 aromatic carbocycles. The van der Waals surface area contributed by atoms with Gasteiger partial charge in [0.1, 0.15) is 0 Å². The molecule has 0 unspecified atom stereocenters. The van der Waals surface area contributed by atoms with Gasteiger partial charge in [-0.15, -0.1) is 0 Å². The summed E-state index contributed by atoms with van der Waals surface area (Å²) < 4.78 is 223. The lowest BCUT2D eigenvalue weighted by molar-refractivity contribution is -0.144. The van der Waals surface area contributed by atoms with Crippen molar-refractivity contribution in [1.29, 1.82) is 0 Å². The summed E-state index contributed by atoms with van der Waals surface area (Å²) in [4.78, 5) is 19.8. The summed E-state index contributed by atoms with van der Waals surface area (Å²) in [7, 11) is 0. The second kappa shape index (κ2) is 21.4. The highest BCUT2D eigenvalue weighted by Gasteiger charge is 2.40. The molecule has 0 amide bonds. The Morgan fingerprint density at radius 3 is 0.770 bits per heavy atom. The smallest absolute Gasteiger partial charge is 0.308 e. The summed E-state index contributed by atoms with van der Waals surface area (Å²) in [5.41, 5.74) is -7.83. The van der Waals surface area contributed by atoms with Crippen LogP contribution in [-0.4, -0.2) is 24.5 Å². The van der Waals surface area contributed by atoms with Gasteiger partial charge in [0.05, 0.1) is 67.3 Å². The minimum Gasteiger partial charge on any atom is -0.308 e. The first-order chi connectivity index (χ1) is 41.2. The number of alkyl halides is 15. The molecule has 87 heavy (non-hydrogen) atoms. The fourth-order valence-electron chi connectivity index (χ4n) is 10.4. The van der Waals surface area contributed by atoms with E-state index in [9.17, 15) is 52.7 Å². The van der Waals surface area contributed by atoms with Gasteiger partial charge in [0, 0.05) is 44.2 Å². The highest BCUT2D eigenvalue weighted by Crippen LogP contribution is 2.48. The number of hydrogen-bond acceptors (Lipinski definition) is 4. The number of benzene rings is 9. The van der Waals surface area contributed by atoms with Crippen molar-refractivity contribution in [2.24, 2.45) is 0 Å². The fourth-order valence-corrected chi connectivity index (χ4v) is 10.4. The molecule has 0 aliphatic heterocycles. The van der Waals surface area contributed by atoms with E-state index in [1.54, 1.807) is 133 Å². The molecular formula is C67H36F15N5. The molecule has 434 valence electrons. The maximum atomic E-state index is 16.0. The molecule has 5 nitrogen and oxygen atoms in total. The van der Waals surface area contributed by atoms with Crippen molar-refractivity contribution in [3.8, 4) is 95.7 Å². The monoisotopic (exact) mass is 1200 g/mol. The Morgan fingerprint density at radius 2 is 0.506 bits per heavy atom. The Hall–Kier alpha value is -10.1. The number of halogens is 15. The predicted molar refractivity (Wildman–Crippen MR) is 300 cm³/mol. The Bertz CT molecular complexity index is 4130. The molecule has 0 radical (unpaired) electrons. The molecule has 0 spiro atoms. The molecule has 3 heterocycles. The second-order valence-electron chi connectivity index (χ2n) is 20.2. The third-order valence-corrected chi connectivity index (χ3v) is 14.5. The summed E-state index contributed by atoms with van der Waals surface area (Å²) in [6.07, 6.45) is -26.4. The molecule has 0 atom stereocenters. The first-order valence-corrected chi connectivity index (χ1v) is 26.2. The number of rotatable bonds is 9. The molecule has 0 bridgehead atoms. The van der Waals surface area contributed by atoms with Gasteiger partial charge in [-0.05, 0) is 107 Å². The van der Waals surface area contributed by atoms with E-state index in [1.165, 1.54) is 41.0 Å². The van der Waals surface area contributed by atoms with Gasteiger partial charge in [0.25, 0.3) is 0 Å². The number of fused-ring (bicyclic) bond motifs is 3. The Balaban J connectivity index is 1.26. The number of hydrogen-bond donors (Lipinski definition) is 0. The Morgan fingerprint density at radius 1 is 0.241 bits per heavy atom. The molecule has 12 aromatic rings. The number of aromatic nitrogens is 5. The SMILES string of the molecule is FC(F)(F)c1cc(-c2ccc3c(c2)c2cc(-c4cc(C(F)(F)F)cc(C(F)(F)F)c4)ccc2n3-c2c(-c3nc(-c4ccccc4)cc(-c4ccccc4)n3)cc(C(F)(F)F)cc2-c2nc(-c3ccccc3)cc(-c3ccccc3)n2)cc(C(F)(F)F)c1. The van der Waals surface area contributed by atoms with E-state index < -0.39 is 69.8 Å². The maximum Gasteiger partial charge on any atom is 0.416 e. The van der Waals surface area contributed by atoms with Crippen molar-refractivity contribution in [3.63, 3.8) is 0 Å². The van der Waals surface area contributed by atoms with E-state index in [0.717, 1.165) is 12.1 Å². The largest absolute Gasteiger partial charge is 0.416 e. The first-order valence-electron chi connectivity index (χ1n) is 26.2. The first kappa shape index (κ1) is 57.3.